The highest BCUT2D eigenvalue weighted by molar-refractivity contribution is 5.89. The van der Waals surface area contributed by atoms with Crippen LogP contribution in [0.4, 0.5) is 0 Å². The Morgan fingerprint density at radius 2 is 1.96 bits per heavy atom. The second kappa shape index (κ2) is 7.37. The van der Waals surface area contributed by atoms with Gasteiger partial charge in [-0.3, -0.25) is 9.59 Å². The summed E-state index contributed by atoms with van der Waals surface area (Å²) in [5, 5.41) is 0. The number of nitrogens with zero attached hydrogens (tertiary/aromatic N) is 2. The van der Waals surface area contributed by atoms with Crippen LogP contribution in [0.2, 0.25) is 0 Å². The Balaban J connectivity index is 1.63. The lowest BCUT2D eigenvalue weighted by Crippen LogP contribution is -2.46. The van der Waals surface area contributed by atoms with Crippen molar-refractivity contribution >= 4 is 11.8 Å². The number of hydrogen-bond acceptors (Lipinski definition) is 2. The van der Waals surface area contributed by atoms with E-state index in [2.05, 4.69) is 43.0 Å². The standard InChI is InChI=1S/C20H28N2O2/c1-3-18-6-4-5-11-22(18)20(24)17-12-19(23)21(14-17)13-16-9-7-15(2)8-10-16/h7-10,17-18H,3-6,11-14H2,1-2H3. The highest BCUT2D eigenvalue weighted by Crippen LogP contribution is 2.27. The monoisotopic (exact) mass is 328 g/mol. The maximum Gasteiger partial charge on any atom is 0.228 e. The number of carbonyl (C=O) groups is 2. The van der Waals surface area contributed by atoms with E-state index in [1.165, 1.54) is 12.0 Å². The minimum absolute atomic E-state index is 0.110. The zero-order valence-electron chi connectivity index (χ0n) is 14.8. The van der Waals surface area contributed by atoms with Gasteiger partial charge in [0.15, 0.2) is 0 Å². The molecule has 2 saturated heterocycles. The molecule has 2 aliphatic rings. The summed E-state index contributed by atoms with van der Waals surface area (Å²) in [5.41, 5.74) is 2.35. The first-order chi connectivity index (χ1) is 11.6. The summed E-state index contributed by atoms with van der Waals surface area (Å²) in [6, 6.07) is 8.63. The van der Waals surface area contributed by atoms with Crippen LogP contribution in [0.3, 0.4) is 0 Å². The fourth-order valence-corrected chi connectivity index (χ4v) is 3.95. The molecule has 130 valence electrons. The van der Waals surface area contributed by atoms with Crippen LogP contribution in [0.25, 0.3) is 0 Å². The average molecular weight is 328 g/mol. The van der Waals surface area contributed by atoms with Gasteiger partial charge in [-0.1, -0.05) is 36.8 Å². The molecule has 24 heavy (non-hydrogen) atoms. The Hall–Kier alpha value is -1.84. The number of piperidine rings is 1. The van der Waals surface area contributed by atoms with Crippen molar-refractivity contribution in [2.75, 3.05) is 13.1 Å². The lowest BCUT2D eigenvalue weighted by Gasteiger charge is -2.36. The topological polar surface area (TPSA) is 40.6 Å². The lowest BCUT2D eigenvalue weighted by molar-refractivity contribution is -0.139. The molecule has 4 heteroatoms. The van der Waals surface area contributed by atoms with E-state index < -0.39 is 0 Å². The van der Waals surface area contributed by atoms with E-state index in [4.69, 9.17) is 0 Å². The summed E-state index contributed by atoms with van der Waals surface area (Å²) >= 11 is 0. The molecule has 4 nitrogen and oxygen atoms in total. The van der Waals surface area contributed by atoms with Crippen LogP contribution >= 0.6 is 0 Å². The molecular weight excluding hydrogens is 300 g/mol. The number of amides is 2. The number of carbonyl (C=O) groups excluding carboxylic acids is 2. The van der Waals surface area contributed by atoms with Gasteiger partial charge in [0.2, 0.25) is 11.8 Å². The van der Waals surface area contributed by atoms with Gasteiger partial charge in [0, 0.05) is 32.1 Å². The first-order valence-corrected chi connectivity index (χ1v) is 9.22. The van der Waals surface area contributed by atoms with Gasteiger partial charge in [-0.25, -0.2) is 0 Å². The molecule has 0 saturated carbocycles. The zero-order chi connectivity index (χ0) is 17.1. The van der Waals surface area contributed by atoms with Gasteiger partial charge in [0.05, 0.1) is 5.92 Å². The zero-order valence-corrected chi connectivity index (χ0v) is 14.8. The average Bonchev–Trinajstić information content (AvgIpc) is 2.97. The molecule has 2 amide bonds. The van der Waals surface area contributed by atoms with Crippen molar-refractivity contribution in [1.29, 1.82) is 0 Å². The molecule has 2 atom stereocenters. The summed E-state index contributed by atoms with van der Waals surface area (Å²) < 4.78 is 0. The van der Waals surface area contributed by atoms with Crippen molar-refractivity contribution in [2.45, 2.75) is 58.5 Å². The van der Waals surface area contributed by atoms with E-state index in [-0.39, 0.29) is 17.7 Å². The van der Waals surface area contributed by atoms with Crippen LogP contribution in [-0.2, 0) is 16.1 Å². The molecule has 0 N–H and O–H groups in total. The SMILES string of the molecule is CCC1CCCCN1C(=O)C1CC(=O)N(Cc2ccc(C)cc2)C1. The summed E-state index contributed by atoms with van der Waals surface area (Å²) in [7, 11) is 0. The largest absolute Gasteiger partial charge is 0.339 e. The van der Waals surface area contributed by atoms with E-state index in [1.54, 1.807) is 0 Å². The number of aryl methyl sites for hydroxylation is 1. The van der Waals surface area contributed by atoms with Gasteiger partial charge in [-0.05, 0) is 38.2 Å². The number of rotatable bonds is 4. The minimum Gasteiger partial charge on any atom is -0.339 e. The maximum absolute atomic E-state index is 12.9. The smallest absolute Gasteiger partial charge is 0.228 e. The molecule has 2 unspecified atom stereocenters. The third-order valence-electron chi connectivity index (χ3n) is 5.44. The summed E-state index contributed by atoms with van der Waals surface area (Å²) in [5.74, 6) is 0.149. The molecular formula is C20H28N2O2. The quantitative estimate of drug-likeness (QED) is 0.852. The summed E-state index contributed by atoms with van der Waals surface area (Å²) in [6.07, 6.45) is 4.80. The van der Waals surface area contributed by atoms with E-state index >= 15 is 0 Å². The van der Waals surface area contributed by atoms with E-state index in [9.17, 15) is 9.59 Å². The molecule has 2 fully saturated rings. The highest BCUT2D eigenvalue weighted by Gasteiger charge is 2.38. The van der Waals surface area contributed by atoms with E-state index in [1.807, 2.05) is 4.90 Å². The number of likely N-dealkylation sites (tertiary alicyclic amines) is 2. The third-order valence-corrected chi connectivity index (χ3v) is 5.44. The fraction of sp³-hybridized carbons (Fsp3) is 0.600. The van der Waals surface area contributed by atoms with Gasteiger partial charge in [0.25, 0.3) is 0 Å². The van der Waals surface area contributed by atoms with E-state index in [0.29, 0.717) is 25.6 Å². The van der Waals surface area contributed by atoms with Crippen LogP contribution in [-0.4, -0.2) is 40.7 Å². The van der Waals surface area contributed by atoms with Gasteiger partial charge in [-0.15, -0.1) is 0 Å². The lowest BCUT2D eigenvalue weighted by atomic mass is 9.97. The van der Waals surface area contributed by atoms with Crippen LogP contribution in [0.15, 0.2) is 24.3 Å². The van der Waals surface area contributed by atoms with Crippen LogP contribution in [0.5, 0.6) is 0 Å². The first-order valence-electron chi connectivity index (χ1n) is 9.22. The molecule has 1 aromatic carbocycles. The van der Waals surface area contributed by atoms with Gasteiger partial charge >= 0.3 is 0 Å². The van der Waals surface area contributed by atoms with Crippen molar-refractivity contribution in [3.8, 4) is 0 Å². The molecule has 2 aliphatic heterocycles. The normalized spacial score (nSPS) is 24.5. The van der Waals surface area contributed by atoms with E-state index in [0.717, 1.165) is 31.4 Å². The van der Waals surface area contributed by atoms with Crippen molar-refractivity contribution in [1.82, 2.24) is 9.80 Å². The number of hydrogen-bond donors (Lipinski definition) is 0. The van der Waals surface area contributed by atoms with Crippen molar-refractivity contribution in [2.24, 2.45) is 5.92 Å². The fourth-order valence-electron chi connectivity index (χ4n) is 3.95. The first kappa shape index (κ1) is 17.0. The molecule has 0 bridgehead atoms. The summed E-state index contributed by atoms with van der Waals surface area (Å²) in [6.45, 7) is 6.25. The Labute approximate surface area is 144 Å². The molecule has 0 aromatic heterocycles. The van der Waals surface area contributed by atoms with Crippen LogP contribution < -0.4 is 0 Å². The highest BCUT2D eigenvalue weighted by atomic mass is 16.2. The Morgan fingerprint density at radius 3 is 2.67 bits per heavy atom. The Kier molecular flexibility index (Phi) is 5.22. The molecule has 1 aromatic rings. The predicted octanol–water partition coefficient (Wildman–Crippen LogP) is 3.13. The molecule has 0 aliphatic carbocycles. The molecule has 0 spiro atoms. The maximum atomic E-state index is 12.9. The van der Waals surface area contributed by atoms with Gasteiger partial charge < -0.3 is 9.80 Å². The molecule has 2 heterocycles. The Morgan fingerprint density at radius 1 is 1.21 bits per heavy atom. The van der Waals surface area contributed by atoms with Gasteiger partial charge in [-0.2, -0.15) is 0 Å². The van der Waals surface area contributed by atoms with Crippen molar-refractivity contribution in [3.63, 3.8) is 0 Å². The Bertz CT molecular complexity index is 596. The summed E-state index contributed by atoms with van der Waals surface area (Å²) in [4.78, 5) is 29.2. The minimum atomic E-state index is -0.157. The van der Waals surface area contributed by atoms with Crippen molar-refractivity contribution in [3.05, 3.63) is 35.4 Å². The van der Waals surface area contributed by atoms with Gasteiger partial charge in [0.1, 0.15) is 0 Å². The second-order valence-electron chi connectivity index (χ2n) is 7.25. The second-order valence-corrected chi connectivity index (χ2v) is 7.25. The molecule has 0 radical (unpaired) electrons. The predicted molar refractivity (Wildman–Crippen MR) is 94.3 cm³/mol. The third kappa shape index (κ3) is 3.63. The molecule has 3 rings (SSSR count). The van der Waals surface area contributed by atoms with Crippen LogP contribution in [0, 0.1) is 12.8 Å². The van der Waals surface area contributed by atoms with Crippen molar-refractivity contribution < 1.29 is 9.59 Å². The van der Waals surface area contributed by atoms with Crippen LogP contribution in [0.1, 0.15) is 50.2 Å². The number of benzene rings is 1.